The number of carbonyl (C=O) groups excluding carboxylic acids is 1. The molecule has 0 radical (unpaired) electrons. The lowest BCUT2D eigenvalue weighted by Gasteiger charge is -2.28. The van der Waals surface area contributed by atoms with Crippen molar-refractivity contribution in [2.75, 3.05) is 10.4 Å². The van der Waals surface area contributed by atoms with Gasteiger partial charge in [-0.25, -0.2) is 4.79 Å². The number of amides is 1. The summed E-state index contributed by atoms with van der Waals surface area (Å²) < 4.78 is 5.52. The second-order valence-electron chi connectivity index (χ2n) is 6.58. The molecule has 1 N–H and O–H groups in total. The van der Waals surface area contributed by atoms with Crippen molar-refractivity contribution < 1.29 is 9.53 Å². The summed E-state index contributed by atoms with van der Waals surface area (Å²) in [5.41, 5.74) is 6.37. The number of rotatable bonds is 3. The summed E-state index contributed by atoms with van der Waals surface area (Å²) in [6, 6.07) is 15.5. The molecule has 2 rings (SSSR count). The topological polar surface area (TPSA) is 41.6 Å². The number of nitrogens with zero attached hydrogens (tertiary/aromatic N) is 1. The van der Waals surface area contributed by atoms with Crippen LogP contribution in [0.25, 0.3) is 0 Å². The smallest absolute Gasteiger partial charge is 0.433 e. The Labute approximate surface area is 138 Å². The molecule has 2 aromatic rings. The largest absolute Gasteiger partial charge is 0.442 e. The number of anilines is 2. The third-order valence-electron chi connectivity index (χ3n) is 3.25. The summed E-state index contributed by atoms with van der Waals surface area (Å²) in [6.45, 7) is 9.56. The van der Waals surface area contributed by atoms with E-state index in [4.69, 9.17) is 4.74 Å². The molecule has 0 spiro atoms. The van der Waals surface area contributed by atoms with E-state index in [2.05, 4.69) is 5.43 Å². The summed E-state index contributed by atoms with van der Waals surface area (Å²) in [7, 11) is 0. The molecule has 0 atom stereocenters. The van der Waals surface area contributed by atoms with Crippen LogP contribution in [-0.2, 0) is 4.74 Å². The molecule has 0 bridgehead atoms. The van der Waals surface area contributed by atoms with Crippen molar-refractivity contribution >= 4 is 17.5 Å². The van der Waals surface area contributed by atoms with Crippen LogP contribution >= 0.6 is 0 Å². The average molecular weight is 312 g/mol. The fraction of sp³-hybridized carbons (Fsp3) is 0.316. The molecule has 0 aliphatic heterocycles. The van der Waals surface area contributed by atoms with E-state index in [1.54, 1.807) is 0 Å². The van der Waals surface area contributed by atoms with Crippen molar-refractivity contribution in [2.24, 2.45) is 0 Å². The quantitative estimate of drug-likeness (QED) is 0.804. The van der Waals surface area contributed by atoms with Gasteiger partial charge >= 0.3 is 6.09 Å². The number of aryl methyl sites for hydroxylation is 2. The number of hydrogen-bond acceptors (Lipinski definition) is 3. The molecule has 0 saturated heterocycles. The number of carbonyl (C=O) groups is 1. The van der Waals surface area contributed by atoms with Gasteiger partial charge in [0.15, 0.2) is 0 Å². The Morgan fingerprint density at radius 2 is 1.61 bits per heavy atom. The lowest BCUT2D eigenvalue weighted by Crippen LogP contribution is -2.40. The Morgan fingerprint density at radius 3 is 2.17 bits per heavy atom. The van der Waals surface area contributed by atoms with Gasteiger partial charge in [0.2, 0.25) is 0 Å². The first-order valence-electron chi connectivity index (χ1n) is 7.68. The number of para-hydroxylation sites is 1. The summed E-state index contributed by atoms with van der Waals surface area (Å²) in [4.78, 5) is 12.6. The molecule has 122 valence electrons. The van der Waals surface area contributed by atoms with Crippen molar-refractivity contribution in [2.45, 2.75) is 40.2 Å². The molecule has 0 aliphatic rings. The highest BCUT2D eigenvalue weighted by Gasteiger charge is 2.24. The third-order valence-corrected chi connectivity index (χ3v) is 3.25. The monoisotopic (exact) mass is 312 g/mol. The minimum absolute atomic E-state index is 0.440. The van der Waals surface area contributed by atoms with Crippen molar-refractivity contribution in [1.29, 1.82) is 0 Å². The third kappa shape index (κ3) is 4.74. The maximum absolute atomic E-state index is 12.6. The van der Waals surface area contributed by atoms with Gasteiger partial charge in [-0.2, -0.15) is 5.01 Å². The van der Waals surface area contributed by atoms with Crippen LogP contribution in [0, 0.1) is 13.8 Å². The van der Waals surface area contributed by atoms with E-state index < -0.39 is 11.7 Å². The van der Waals surface area contributed by atoms with E-state index in [1.165, 1.54) is 5.01 Å². The summed E-state index contributed by atoms with van der Waals surface area (Å²) in [6.07, 6.45) is -0.440. The Kier molecular flexibility index (Phi) is 4.94. The molecule has 4 heteroatoms. The first-order chi connectivity index (χ1) is 10.8. The Bertz CT molecular complexity index is 673. The molecule has 1 amide bonds. The fourth-order valence-corrected chi connectivity index (χ4v) is 2.04. The fourth-order valence-electron chi connectivity index (χ4n) is 2.04. The molecular formula is C19H24N2O2. The molecule has 2 aromatic carbocycles. The Morgan fingerprint density at radius 1 is 1.00 bits per heavy atom. The van der Waals surface area contributed by atoms with Gasteiger partial charge in [-0.05, 0) is 58.4 Å². The maximum atomic E-state index is 12.6. The lowest BCUT2D eigenvalue weighted by atomic mass is 10.2. The molecule has 0 fully saturated rings. The standard InChI is InChI=1S/C19H24N2O2/c1-14-10-12-16(13-11-14)21(18(22)23-19(3,4)5)20-17-9-7-6-8-15(17)2/h6-13,20H,1-5H3. The van der Waals surface area contributed by atoms with Crippen LogP contribution in [0.5, 0.6) is 0 Å². The van der Waals surface area contributed by atoms with Gasteiger partial charge < -0.3 is 4.74 Å². The van der Waals surface area contributed by atoms with E-state index in [-0.39, 0.29) is 0 Å². The molecule has 23 heavy (non-hydrogen) atoms. The van der Waals surface area contributed by atoms with Gasteiger partial charge in [0.1, 0.15) is 5.60 Å². The normalized spacial score (nSPS) is 11.0. The van der Waals surface area contributed by atoms with Crippen LogP contribution in [0.1, 0.15) is 31.9 Å². The van der Waals surface area contributed by atoms with E-state index in [9.17, 15) is 4.79 Å². The minimum atomic E-state index is -0.562. The molecule has 0 aliphatic carbocycles. The number of hydrazine groups is 1. The van der Waals surface area contributed by atoms with Crippen LogP contribution in [0.4, 0.5) is 16.2 Å². The number of nitrogens with one attached hydrogen (secondary N) is 1. The molecule has 0 heterocycles. The number of ether oxygens (including phenoxy) is 1. The molecule has 4 nitrogen and oxygen atoms in total. The van der Waals surface area contributed by atoms with Crippen LogP contribution in [0.2, 0.25) is 0 Å². The molecular weight excluding hydrogens is 288 g/mol. The molecule has 0 aromatic heterocycles. The van der Waals surface area contributed by atoms with Crippen LogP contribution in [0.3, 0.4) is 0 Å². The van der Waals surface area contributed by atoms with Crippen LogP contribution in [0.15, 0.2) is 48.5 Å². The Balaban J connectivity index is 2.33. The van der Waals surface area contributed by atoms with Gasteiger partial charge in [-0.1, -0.05) is 35.9 Å². The van der Waals surface area contributed by atoms with E-state index in [1.807, 2.05) is 83.1 Å². The highest BCUT2D eigenvalue weighted by molar-refractivity contribution is 5.90. The van der Waals surface area contributed by atoms with Gasteiger partial charge in [-0.3, -0.25) is 5.43 Å². The van der Waals surface area contributed by atoms with E-state index in [0.717, 1.165) is 22.5 Å². The van der Waals surface area contributed by atoms with Gasteiger partial charge in [0, 0.05) is 0 Å². The van der Waals surface area contributed by atoms with Crippen LogP contribution in [-0.4, -0.2) is 11.7 Å². The number of hydrogen-bond donors (Lipinski definition) is 1. The first kappa shape index (κ1) is 16.9. The minimum Gasteiger partial charge on any atom is -0.442 e. The van der Waals surface area contributed by atoms with Crippen LogP contribution < -0.4 is 10.4 Å². The summed E-state index contributed by atoms with van der Waals surface area (Å²) in [5.74, 6) is 0. The second-order valence-corrected chi connectivity index (χ2v) is 6.58. The highest BCUT2D eigenvalue weighted by Crippen LogP contribution is 2.22. The van der Waals surface area contributed by atoms with Crippen molar-refractivity contribution in [3.8, 4) is 0 Å². The Hall–Kier alpha value is -2.49. The zero-order chi connectivity index (χ0) is 17.0. The van der Waals surface area contributed by atoms with Crippen molar-refractivity contribution in [1.82, 2.24) is 0 Å². The lowest BCUT2D eigenvalue weighted by molar-refractivity contribution is 0.0589. The van der Waals surface area contributed by atoms with E-state index in [0.29, 0.717) is 0 Å². The first-order valence-corrected chi connectivity index (χ1v) is 7.68. The van der Waals surface area contributed by atoms with Gasteiger partial charge in [-0.15, -0.1) is 0 Å². The van der Waals surface area contributed by atoms with Gasteiger partial charge in [0.25, 0.3) is 0 Å². The second kappa shape index (κ2) is 6.73. The summed E-state index contributed by atoms with van der Waals surface area (Å²) >= 11 is 0. The van der Waals surface area contributed by atoms with Gasteiger partial charge in [0.05, 0.1) is 11.4 Å². The summed E-state index contributed by atoms with van der Waals surface area (Å²) in [5, 5.41) is 1.44. The molecule has 0 unspecified atom stereocenters. The predicted molar refractivity (Wildman–Crippen MR) is 94.7 cm³/mol. The van der Waals surface area contributed by atoms with E-state index >= 15 is 0 Å². The molecule has 0 saturated carbocycles. The predicted octanol–water partition coefficient (Wildman–Crippen LogP) is 5.07. The zero-order valence-corrected chi connectivity index (χ0v) is 14.4. The van der Waals surface area contributed by atoms with Crippen molar-refractivity contribution in [3.05, 3.63) is 59.7 Å². The SMILES string of the molecule is Cc1ccc(N(Nc2ccccc2C)C(=O)OC(C)(C)C)cc1. The van der Waals surface area contributed by atoms with Crippen molar-refractivity contribution in [3.63, 3.8) is 0 Å². The highest BCUT2D eigenvalue weighted by atomic mass is 16.6. The zero-order valence-electron chi connectivity index (χ0n) is 14.4. The number of benzene rings is 2. The average Bonchev–Trinajstić information content (AvgIpc) is 2.46. The maximum Gasteiger partial charge on any atom is 0.433 e.